The number of carboxylic acids is 1. The van der Waals surface area contributed by atoms with Crippen LogP contribution in [0, 0.1) is 33.5 Å². The molecule has 4 aliphatic rings. The van der Waals surface area contributed by atoms with Crippen molar-refractivity contribution in [2.75, 3.05) is 0 Å². The lowest BCUT2D eigenvalue weighted by Gasteiger charge is -2.64. The summed E-state index contributed by atoms with van der Waals surface area (Å²) in [6, 6.07) is 0. The average molecular weight is 453 g/mol. The van der Waals surface area contributed by atoms with E-state index in [0.717, 1.165) is 49.7 Å². The van der Waals surface area contributed by atoms with Crippen molar-refractivity contribution in [1.29, 1.82) is 0 Å². The Morgan fingerprint density at radius 3 is 2.39 bits per heavy atom. The molecule has 4 aliphatic carbocycles. The molecular weight excluding hydrogens is 412 g/mol. The summed E-state index contributed by atoms with van der Waals surface area (Å²) in [6.45, 7) is 15.4. The van der Waals surface area contributed by atoms with Crippen molar-refractivity contribution < 1.29 is 19.8 Å². The molecule has 2 fully saturated rings. The van der Waals surface area contributed by atoms with Crippen LogP contribution in [0.1, 0.15) is 87.0 Å². The Hall–Kier alpha value is -2.10. The molecule has 2 saturated carbocycles. The fourth-order valence-corrected chi connectivity index (χ4v) is 7.89. The number of aliphatic hydroxyl groups excluding tert-OH is 1. The van der Waals surface area contributed by atoms with Crippen molar-refractivity contribution in [3.63, 3.8) is 0 Å². The maximum atomic E-state index is 12.6. The number of hydrogen-bond donors (Lipinski definition) is 2. The summed E-state index contributed by atoms with van der Waals surface area (Å²) in [5.74, 6) is -0.314. The highest BCUT2D eigenvalue weighted by Crippen LogP contribution is 2.70. The summed E-state index contributed by atoms with van der Waals surface area (Å²) in [5, 5.41) is 20.3. The van der Waals surface area contributed by atoms with Gasteiger partial charge in [0.2, 0.25) is 5.78 Å². The molecule has 0 radical (unpaired) electrons. The number of fused-ring (bicyclic) bond motifs is 3. The van der Waals surface area contributed by atoms with Crippen molar-refractivity contribution >= 4 is 11.8 Å². The van der Waals surface area contributed by atoms with E-state index in [2.05, 4.69) is 46.8 Å². The predicted octanol–water partition coefficient (Wildman–Crippen LogP) is 6.94. The lowest BCUT2D eigenvalue weighted by molar-refractivity contribution is -0.156. The molecule has 0 saturated heterocycles. The van der Waals surface area contributed by atoms with Crippen LogP contribution in [0.2, 0.25) is 0 Å². The van der Waals surface area contributed by atoms with Crippen LogP contribution in [0.15, 0.2) is 46.3 Å². The van der Waals surface area contributed by atoms with E-state index in [-0.39, 0.29) is 27.8 Å². The third-order valence-corrected chi connectivity index (χ3v) is 10.7. The van der Waals surface area contributed by atoms with E-state index >= 15 is 0 Å². The topological polar surface area (TPSA) is 74.6 Å². The van der Waals surface area contributed by atoms with Crippen LogP contribution in [0.5, 0.6) is 0 Å². The van der Waals surface area contributed by atoms with Crippen molar-refractivity contribution in [2.45, 2.75) is 87.0 Å². The number of aliphatic hydroxyl groups is 1. The van der Waals surface area contributed by atoms with Crippen LogP contribution in [-0.4, -0.2) is 22.0 Å². The number of ketones is 1. The van der Waals surface area contributed by atoms with Gasteiger partial charge < -0.3 is 10.2 Å². The molecule has 6 atom stereocenters. The van der Waals surface area contributed by atoms with E-state index in [1.807, 2.05) is 13.8 Å². The van der Waals surface area contributed by atoms with E-state index < -0.39 is 11.4 Å². The first-order valence-electron chi connectivity index (χ1n) is 12.6. The number of carbonyl (C=O) groups excluding carboxylic acids is 1. The Kier molecular flexibility index (Phi) is 5.43. The van der Waals surface area contributed by atoms with E-state index in [4.69, 9.17) is 0 Å². The largest absolute Gasteiger partial charge is 0.504 e. The second kappa shape index (κ2) is 7.45. The van der Waals surface area contributed by atoms with Gasteiger partial charge in [-0.05, 0) is 92.3 Å². The van der Waals surface area contributed by atoms with Gasteiger partial charge in [0, 0.05) is 11.0 Å². The molecule has 0 aromatic heterocycles. The standard InChI is InChI=1S/C29H40O4/c1-8-28(6)23-10-9-19-18(3)24(31)22(30)15-20(19)27(23,5)13-14-29(28,7)21-16-26(4,25(32)33)12-11-17(21)2/h9-10,15,17,21,31H,8,11-14,16H2,1-7H3,(H,32,33)/t17-,21-,26-,27+,28-,29+/m1/s1. The van der Waals surface area contributed by atoms with Crippen molar-refractivity contribution in [3.05, 3.63) is 46.3 Å². The van der Waals surface area contributed by atoms with Gasteiger partial charge in [0.15, 0.2) is 5.76 Å². The first-order valence-corrected chi connectivity index (χ1v) is 12.6. The third-order valence-electron chi connectivity index (χ3n) is 10.7. The van der Waals surface area contributed by atoms with E-state index in [0.29, 0.717) is 17.4 Å². The number of carboxylic acid groups (broad SMARTS) is 1. The highest BCUT2D eigenvalue weighted by molar-refractivity contribution is 6.06. The molecule has 0 aromatic carbocycles. The predicted molar refractivity (Wildman–Crippen MR) is 131 cm³/mol. The zero-order valence-electron chi connectivity index (χ0n) is 21.3. The number of aliphatic carboxylic acids is 1. The second-order valence-corrected chi connectivity index (χ2v) is 12.2. The normalized spacial score (nSPS) is 43.2. The molecule has 2 N–H and O–H groups in total. The lowest BCUT2D eigenvalue weighted by atomic mass is 9.40. The molecule has 4 rings (SSSR count). The van der Waals surface area contributed by atoms with Crippen molar-refractivity contribution in [3.8, 4) is 0 Å². The Labute approximate surface area is 198 Å². The Morgan fingerprint density at radius 2 is 1.79 bits per heavy atom. The van der Waals surface area contributed by atoms with Crippen LogP contribution in [0.3, 0.4) is 0 Å². The summed E-state index contributed by atoms with van der Waals surface area (Å²) in [6.07, 6.45) is 11.3. The Morgan fingerprint density at radius 1 is 1.12 bits per heavy atom. The van der Waals surface area contributed by atoms with Crippen LogP contribution in [0.25, 0.3) is 0 Å². The van der Waals surface area contributed by atoms with Crippen molar-refractivity contribution in [2.24, 2.45) is 33.5 Å². The van der Waals surface area contributed by atoms with Gasteiger partial charge in [-0.25, -0.2) is 0 Å². The minimum absolute atomic E-state index is 0.0404. The molecule has 0 bridgehead atoms. The summed E-state index contributed by atoms with van der Waals surface area (Å²) >= 11 is 0. The summed E-state index contributed by atoms with van der Waals surface area (Å²) in [4.78, 5) is 24.8. The zero-order valence-corrected chi connectivity index (χ0v) is 21.3. The highest BCUT2D eigenvalue weighted by atomic mass is 16.4. The molecule has 0 aromatic rings. The van der Waals surface area contributed by atoms with Crippen LogP contribution in [-0.2, 0) is 9.59 Å². The molecule has 4 heteroatoms. The van der Waals surface area contributed by atoms with Gasteiger partial charge in [-0.3, -0.25) is 9.59 Å². The molecule has 0 amide bonds. The molecule has 0 heterocycles. The van der Waals surface area contributed by atoms with Crippen LogP contribution >= 0.6 is 0 Å². The molecular formula is C29H40O4. The van der Waals surface area contributed by atoms with E-state index in [1.165, 1.54) is 5.57 Å². The molecule has 0 unspecified atom stereocenters. The fraction of sp³-hybridized carbons (Fsp3) is 0.655. The highest BCUT2D eigenvalue weighted by Gasteiger charge is 2.61. The Balaban J connectivity index is 1.85. The maximum Gasteiger partial charge on any atom is 0.309 e. The van der Waals surface area contributed by atoms with Gasteiger partial charge in [-0.2, -0.15) is 0 Å². The number of carbonyl (C=O) groups is 2. The monoisotopic (exact) mass is 452 g/mol. The van der Waals surface area contributed by atoms with Gasteiger partial charge in [0.05, 0.1) is 5.41 Å². The minimum Gasteiger partial charge on any atom is -0.504 e. The number of rotatable bonds is 3. The van der Waals surface area contributed by atoms with Gasteiger partial charge >= 0.3 is 5.97 Å². The van der Waals surface area contributed by atoms with Gasteiger partial charge in [-0.15, -0.1) is 0 Å². The quantitative estimate of drug-likeness (QED) is 0.486. The smallest absolute Gasteiger partial charge is 0.309 e. The molecule has 0 aliphatic heterocycles. The second-order valence-electron chi connectivity index (χ2n) is 12.2. The van der Waals surface area contributed by atoms with Crippen LogP contribution < -0.4 is 0 Å². The summed E-state index contributed by atoms with van der Waals surface area (Å²) in [7, 11) is 0. The summed E-state index contributed by atoms with van der Waals surface area (Å²) < 4.78 is 0. The molecule has 0 spiro atoms. The van der Waals surface area contributed by atoms with Crippen molar-refractivity contribution in [1.82, 2.24) is 0 Å². The Bertz CT molecular complexity index is 1040. The number of hydrogen-bond acceptors (Lipinski definition) is 3. The molecule has 4 nitrogen and oxygen atoms in total. The fourth-order valence-electron chi connectivity index (χ4n) is 7.89. The zero-order chi connectivity index (χ0) is 24.6. The van der Waals surface area contributed by atoms with Gasteiger partial charge in [-0.1, -0.05) is 52.3 Å². The molecule has 180 valence electrons. The maximum absolute atomic E-state index is 12.6. The van der Waals surface area contributed by atoms with Gasteiger partial charge in [0.25, 0.3) is 0 Å². The summed E-state index contributed by atoms with van der Waals surface area (Å²) in [5.41, 5.74) is 2.94. The molecule has 33 heavy (non-hydrogen) atoms. The van der Waals surface area contributed by atoms with Crippen LogP contribution in [0.4, 0.5) is 0 Å². The third kappa shape index (κ3) is 3.08. The minimum atomic E-state index is -0.667. The van der Waals surface area contributed by atoms with E-state index in [1.54, 1.807) is 6.08 Å². The first-order chi connectivity index (χ1) is 15.2. The average Bonchev–Trinajstić information content (AvgIpc) is 2.77. The first kappa shape index (κ1) is 24.0. The number of allylic oxidation sites excluding steroid dienone is 7. The van der Waals surface area contributed by atoms with E-state index in [9.17, 15) is 19.8 Å². The van der Waals surface area contributed by atoms with Gasteiger partial charge in [0.1, 0.15) is 0 Å². The lowest BCUT2D eigenvalue weighted by Crippen LogP contribution is -2.56. The SMILES string of the molecule is CC[C@]1(C)C2=CC=C3C(=CC(=O)C(O)=C3C)[C@]2(C)CC[C@@]1(C)[C@@H]1C[C@](C)(C(=O)O)CC[C@H]1C.